The average Bonchev–Trinajstić information content (AvgIpc) is 2.03. The van der Waals surface area contributed by atoms with E-state index in [0.717, 1.165) is 11.6 Å². The first-order valence-electron chi connectivity index (χ1n) is 3.99. The van der Waals surface area contributed by atoms with Gasteiger partial charge in [0.15, 0.2) is 0 Å². The molecule has 4 heteroatoms. The van der Waals surface area contributed by atoms with E-state index in [1.165, 1.54) is 6.07 Å². The van der Waals surface area contributed by atoms with Crippen molar-refractivity contribution >= 4 is 0 Å². The molecule has 0 aliphatic carbocycles. The van der Waals surface area contributed by atoms with Gasteiger partial charge in [-0.3, -0.25) is 0 Å². The van der Waals surface area contributed by atoms with Crippen LogP contribution in [0.5, 0.6) is 0 Å². The molecule has 0 bridgehead atoms. The first-order valence-corrected chi connectivity index (χ1v) is 3.99. The van der Waals surface area contributed by atoms with Crippen LogP contribution in [0.25, 0.3) is 0 Å². The number of hydrogen-bond acceptors (Lipinski definition) is 1. The van der Waals surface area contributed by atoms with E-state index in [4.69, 9.17) is 0 Å². The van der Waals surface area contributed by atoms with Gasteiger partial charge in [-0.25, -0.2) is 4.98 Å². The highest BCUT2D eigenvalue weighted by Crippen LogP contribution is 2.28. The minimum Gasteiger partial charge on any atom is -0.248 e. The van der Waals surface area contributed by atoms with Crippen molar-refractivity contribution in [3.05, 3.63) is 29.1 Å². The summed E-state index contributed by atoms with van der Waals surface area (Å²) in [6.07, 6.45) is -3.81. The summed E-state index contributed by atoms with van der Waals surface area (Å²) in [6.45, 7) is 3.54. The fourth-order valence-corrected chi connectivity index (χ4v) is 1.09. The summed E-state index contributed by atoms with van der Waals surface area (Å²) < 4.78 is 36.5. The molecule has 1 aromatic rings. The fourth-order valence-electron chi connectivity index (χ4n) is 1.09. The minimum atomic E-state index is -4.34. The Balaban J connectivity index is 3.14. The van der Waals surface area contributed by atoms with Crippen LogP contribution in [0.1, 0.15) is 23.9 Å². The largest absolute Gasteiger partial charge is 0.433 e. The van der Waals surface area contributed by atoms with Gasteiger partial charge in [0.2, 0.25) is 0 Å². The molecule has 0 fully saturated rings. The Hall–Kier alpha value is -1.06. The molecule has 0 amide bonds. The second-order valence-corrected chi connectivity index (χ2v) is 2.81. The molecule has 13 heavy (non-hydrogen) atoms. The quantitative estimate of drug-likeness (QED) is 0.661. The summed E-state index contributed by atoms with van der Waals surface area (Å²) >= 11 is 0. The van der Waals surface area contributed by atoms with Gasteiger partial charge in [0.05, 0.1) is 0 Å². The van der Waals surface area contributed by atoms with Crippen LogP contribution in [-0.2, 0) is 12.6 Å². The van der Waals surface area contributed by atoms with Gasteiger partial charge < -0.3 is 0 Å². The summed E-state index contributed by atoms with van der Waals surface area (Å²) in [7, 11) is 0. The number of rotatable bonds is 1. The van der Waals surface area contributed by atoms with Crippen molar-refractivity contribution < 1.29 is 13.2 Å². The molecule has 0 spiro atoms. The maximum absolute atomic E-state index is 12.2. The van der Waals surface area contributed by atoms with Gasteiger partial charge in [0, 0.05) is 5.69 Å². The zero-order valence-corrected chi connectivity index (χ0v) is 7.44. The summed E-state index contributed by atoms with van der Waals surface area (Å²) in [5, 5.41) is 0. The molecule has 1 heterocycles. The number of aryl methyl sites for hydroxylation is 2. The van der Waals surface area contributed by atoms with Crippen LogP contribution < -0.4 is 0 Å². The lowest BCUT2D eigenvalue weighted by atomic mass is 10.1. The second kappa shape index (κ2) is 3.36. The van der Waals surface area contributed by atoms with Crippen molar-refractivity contribution in [3.63, 3.8) is 0 Å². The van der Waals surface area contributed by atoms with E-state index in [9.17, 15) is 13.2 Å². The van der Waals surface area contributed by atoms with Crippen LogP contribution >= 0.6 is 0 Å². The zero-order chi connectivity index (χ0) is 10.1. The molecular formula is C9H10F3N. The molecule has 1 aromatic heterocycles. The number of hydrogen-bond donors (Lipinski definition) is 0. The van der Waals surface area contributed by atoms with Crippen molar-refractivity contribution in [2.24, 2.45) is 0 Å². The van der Waals surface area contributed by atoms with E-state index in [1.54, 1.807) is 13.8 Å². The fraction of sp³-hybridized carbons (Fsp3) is 0.444. The van der Waals surface area contributed by atoms with Gasteiger partial charge in [-0.05, 0) is 25.0 Å². The summed E-state index contributed by atoms with van der Waals surface area (Å²) in [5.41, 5.74) is 0.500. The van der Waals surface area contributed by atoms with E-state index in [1.807, 2.05) is 0 Å². The van der Waals surface area contributed by atoms with Gasteiger partial charge in [-0.15, -0.1) is 0 Å². The molecule has 1 rings (SSSR count). The minimum absolute atomic E-state index is 0.509. The maximum Gasteiger partial charge on any atom is 0.433 e. The van der Waals surface area contributed by atoms with Crippen LogP contribution in [0.4, 0.5) is 13.2 Å². The standard InChI is InChI=1S/C9H10F3N/c1-3-7-6(2)4-5-8(13-7)9(10,11)12/h4-5H,3H2,1-2H3. The number of nitrogens with zero attached hydrogens (tertiary/aromatic N) is 1. The molecule has 0 radical (unpaired) electrons. The van der Waals surface area contributed by atoms with Crippen molar-refractivity contribution in [3.8, 4) is 0 Å². The van der Waals surface area contributed by atoms with E-state index >= 15 is 0 Å². The van der Waals surface area contributed by atoms with Crippen molar-refractivity contribution in [2.45, 2.75) is 26.4 Å². The van der Waals surface area contributed by atoms with Crippen LogP contribution in [0.3, 0.4) is 0 Å². The Kier molecular flexibility index (Phi) is 2.59. The number of alkyl halides is 3. The Morgan fingerprint density at radius 2 is 1.92 bits per heavy atom. The van der Waals surface area contributed by atoms with E-state index in [-0.39, 0.29) is 0 Å². The molecule has 0 saturated heterocycles. The molecule has 1 nitrogen and oxygen atoms in total. The van der Waals surface area contributed by atoms with Crippen LogP contribution in [-0.4, -0.2) is 4.98 Å². The van der Waals surface area contributed by atoms with Crippen molar-refractivity contribution in [1.82, 2.24) is 4.98 Å². The number of halogens is 3. The van der Waals surface area contributed by atoms with Gasteiger partial charge in [0.1, 0.15) is 5.69 Å². The molecule has 72 valence electrons. The lowest BCUT2D eigenvalue weighted by Crippen LogP contribution is -2.09. The third-order valence-corrected chi connectivity index (χ3v) is 1.83. The molecule has 0 unspecified atom stereocenters. The number of aromatic nitrogens is 1. The predicted molar refractivity (Wildman–Crippen MR) is 43.4 cm³/mol. The summed E-state index contributed by atoms with van der Waals surface area (Å²) in [5.74, 6) is 0. The number of pyridine rings is 1. The van der Waals surface area contributed by atoms with Crippen molar-refractivity contribution in [2.75, 3.05) is 0 Å². The summed E-state index contributed by atoms with van der Waals surface area (Å²) in [4.78, 5) is 3.54. The molecular weight excluding hydrogens is 179 g/mol. The third-order valence-electron chi connectivity index (χ3n) is 1.83. The Labute approximate surface area is 74.6 Å². The average molecular weight is 189 g/mol. The van der Waals surface area contributed by atoms with Gasteiger partial charge >= 0.3 is 6.18 Å². The topological polar surface area (TPSA) is 12.9 Å². The monoisotopic (exact) mass is 189 g/mol. The normalized spacial score (nSPS) is 11.8. The molecule has 0 N–H and O–H groups in total. The zero-order valence-electron chi connectivity index (χ0n) is 7.44. The molecule has 0 aliphatic heterocycles. The van der Waals surface area contributed by atoms with Crippen molar-refractivity contribution in [1.29, 1.82) is 0 Å². The molecule has 0 aliphatic rings. The van der Waals surface area contributed by atoms with E-state index in [0.29, 0.717) is 12.1 Å². The Morgan fingerprint density at radius 3 is 2.38 bits per heavy atom. The first kappa shape index (κ1) is 10.0. The van der Waals surface area contributed by atoms with Gasteiger partial charge in [-0.2, -0.15) is 13.2 Å². The highest BCUT2D eigenvalue weighted by Gasteiger charge is 2.32. The highest BCUT2D eigenvalue weighted by atomic mass is 19.4. The van der Waals surface area contributed by atoms with E-state index < -0.39 is 11.9 Å². The first-order chi connectivity index (χ1) is 5.95. The van der Waals surface area contributed by atoms with Crippen LogP contribution in [0.2, 0.25) is 0 Å². The van der Waals surface area contributed by atoms with Crippen LogP contribution in [0.15, 0.2) is 12.1 Å². The van der Waals surface area contributed by atoms with Crippen LogP contribution in [0, 0.1) is 6.92 Å². The van der Waals surface area contributed by atoms with Gasteiger partial charge in [0.25, 0.3) is 0 Å². The molecule has 0 atom stereocenters. The molecule has 0 aromatic carbocycles. The predicted octanol–water partition coefficient (Wildman–Crippen LogP) is 2.97. The lowest BCUT2D eigenvalue weighted by molar-refractivity contribution is -0.141. The molecule has 0 saturated carbocycles. The Bertz CT molecular complexity index is 304. The van der Waals surface area contributed by atoms with E-state index in [2.05, 4.69) is 4.98 Å². The second-order valence-electron chi connectivity index (χ2n) is 2.81. The maximum atomic E-state index is 12.2. The Morgan fingerprint density at radius 1 is 1.31 bits per heavy atom. The SMILES string of the molecule is CCc1nc(C(F)(F)F)ccc1C. The smallest absolute Gasteiger partial charge is 0.248 e. The highest BCUT2D eigenvalue weighted by molar-refractivity contribution is 5.22. The third kappa shape index (κ3) is 2.20. The van der Waals surface area contributed by atoms with Gasteiger partial charge in [-0.1, -0.05) is 13.0 Å². The lowest BCUT2D eigenvalue weighted by Gasteiger charge is -2.08. The summed E-state index contributed by atoms with van der Waals surface area (Å²) in [6, 6.07) is 2.46.